The maximum Gasteiger partial charge on any atom is 0.472 e. The predicted molar refractivity (Wildman–Crippen MR) is 408 cm³/mol. The van der Waals surface area contributed by atoms with Gasteiger partial charge < -0.3 is 33.8 Å². The number of phosphoric ester groups is 2. The fraction of sp³-hybridized carbons (Fsp3) is 0.679. The van der Waals surface area contributed by atoms with Crippen LogP contribution in [0.5, 0.6) is 0 Å². The molecule has 17 nitrogen and oxygen atoms in total. The van der Waals surface area contributed by atoms with Crippen molar-refractivity contribution in [2.24, 2.45) is 0 Å². The van der Waals surface area contributed by atoms with Gasteiger partial charge in [0, 0.05) is 19.3 Å². The van der Waals surface area contributed by atoms with Crippen LogP contribution in [0, 0.1) is 0 Å². The quantitative estimate of drug-likeness (QED) is 0.0169. The number of carbonyl (C=O) groups is 4. The van der Waals surface area contributed by atoms with Gasteiger partial charge in [0.2, 0.25) is 0 Å². The molecule has 5 atom stereocenters. The zero-order chi connectivity index (χ0) is 73.2. The monoisotopic (exact) mass is 1440 g/mol. The van der Waals surface area contributed by atoms with Gasteiger partial charge in [0.05, 0.1) is 32.8 Å². The number of rotatable bonds is 71. The van der Waals surface area contributed by atoms with E-state index in [1.54, 1.807) is 12.2 Å². The van der Waals surface area contributed by atoms with E-state index in [1.165, 1.54) is 57.8 Å². The van der Waals surface area contributed by atoms with Gasteiger partial charge in [-0.05, 0) is 122 Å². The molecule has 0 aliphatic rings. The summed E-state index contributed by atoms with van der Waals surface area (Å²) in [5.41, 5.74) is 0. The molecule has 3 N–H and O–H groups in total. The average molecular weight is 1440 g/mol. The molecule has 0 fully saturated rings. The topological polar surface area (TPSA) is 237 Å². The van der Waals surface area contributed by atoms with Gasteiger partial charge in [-0.15, -0.1) is 0 Å². The molecular formula is C81H136O17P2. The Morgan fingerprint density at radius 1 is 0.300 bits per heavy atom. The van der Waals surface area contributed by atoms with Crippen LogP contribution >= 0.6 is 15.6 Å². The van der Waals surface area contributed by atoms with Gasteiger partial charge in [-0.25, -0.2) is 9.13 Å². The minimum atomic E-state index is -5.01. The molecule has 0 aromatic carbocycles. The number of carbonyl (C=O) groups excluding carboxylic acids is 4. The fourth-order valence-corrected chi connectivity index (χ4v) is 11.4. The van der Waals surface area contributed by atoms with E-state index in [0.29, 0.717) is 25.7 Å². The Bertz CT molecular complexity index is 2420. The van der Waals surface area contributed by atoms with Crippen LogP contribution in [0.25, 0.3) is 0 Å². The molecular weight excluding hydrogens is 1310 g/mol. The maximum atomic E-state index is 13.1. The highest BCUT2D eigenvalue weighted by Gasteiger charge is 2.30. The summed E-state index contributed by atoms with van der Waals surface area (Å²) < 4.78 is 68.3. The molecule has 0 spiro atoms. The first-order valence-electron chi connectivity index (χ1n) is 38.4. The average Bonchev–Trinajstić information content (AvgIpc) is 0.926. The lowest BCUT2D eigenvalue weighted by molar-refractivity contribution is -0.161. The van der Waals surface area contributed by atoms with Gasteiger partial charge in [-0.3, -0.25) is 37.3 Å². The standard InChI is InChI=1S/C81H136O17P2/c1-5-9-13-17-21-25-29-32-35-36-37-38-41-43-47-50-54-58-62-66-79(84)92-72-77(98-81(86)68-64-60-56-52-48-44-40-34-31-27-23-19-15-11-7-3)74-96-100(89,90)94-70-75(82)69-93-99(87,88)95-73-76(97-80(85)67-63-59-55-51-45-28-24-20-16-12-8-4)71-91-78(83)65-61-57-53-49-46-42-39-33-30-26-22-18-14-10-6-2/h10-11,14-15,21-23,25-27,32-35,37-40,48,52,60,64,75-77,82H,5-9,12-13,16-20,24,28-31,36,41-47,49-51,53-59,61-63,65-74H2,1-4H3,(H,87,88)(H,89,90)/b14-10-,15-11-,25-21-,26-22-,27-23-,35-32-,38-37-,39-33-,40-34-,52-48-,64-60-. The zero-order valence-electron chi connectivity index (χ0n) is 62.3. The van der Waals surface area contributed by atoms with Crippen LogP contribution in [0.2, 0.25) is 0 Å². The summed E-state index contributed by atoms with van der Waals surface area (Å²) in [5, 5.41) is 10.6. The van der Waals surface area contributed by atoms with Gasteiger partial charge in [0.1, 0.15) is 19.3 Å². The van der Waals surface area contributed by atoms with Crippen molar-refractivity contribution in [3.8, 4) is 0 Å². The second kappa shape index (κ2) is 72.5. The lowest BCUT2D eigenvalue weighted by atomic mass is 10.1. The molecule has 0 radical (unpaired) electrons. The number of phosphoric acid groups is 2. The smallest absolute Gasteiger partial charge is 0.462 e. The fourth-order valence-electron chi connectivity index (χ4n) is 9.85. The van der Waals surface area contributed by atoms with Gasteiger partial charge in [-0.1, -0.05) is 283 Å². The molecule has 0 aromatic heterocycles. The zero-order valence-corrected chi connectivity index (χ0v) is 64.1. The summed E-state index contributed by atoms with van der Waals surface area (Å²) in [6.45, 7) is 4.46. The predicted octanol–water partition coefficient (Wildman–Crippen LogP) is 22.1. The lowest BCUT2D eigenvalue weighted by Gasteiger charge is -2.21. The van der Waals surface area contributed by atoms with E-state index in [-0.39, 0.29) is 25.7 Å². The normalized spacial score (nSPS) is 14.7. The highest BCUT2D eigenvalue weighted by molar-refractivity contribution is 7.47. The van der Waals surface area contributed by atoms with E-state index in [4.69, 9.17) is 37.0 Å². The summed E-state index contributed by atoms with van der Waals surface area (Å²) in [5.74, 6) is -2.36. The van der Waals surface area contributed by atoms with Crippen LogP contribution in [0.15, 0.2) is 134 Å². The summed E-state index contributed by atoms with van der Waals surface area (Å²) in [7, 11) is -9.99. The number of hydrogen-bond donors (Lipinski definition) is 3. The Morgan fingerprint density at radius 2 is 0.560 bits per heavy atom. The SMILES string of the molecule is CC/C=C\C/C=C\C/C=C\C/C=C\C/C=C\CC(=O)OC(COC(=O)CCCCCCCC/C=C\C/C=C\C/C=C\CCCCC)COP(=O)(O)OCC(O)COP(=O)(O)OCC(COC(=O)CCCCCCC/C=C\C/C=C\C/C=C\CC)OC(=O)CCCCCCCCCCCCC. The molecule has 0 bridgehead atoms. The highest BCUT2D eigenvalue weighted by Crippen LogP contribution is 2.45. The van der Waals surface area contributed by atoms with E-state index in [2.05, 4.69) is 137 Å². The number of aliphatic hydroxyl groups is 1. The van der Waals surface area contributed by atoms with E-state index in [0.717, 1.165) is 161 Å². The summed E-state index contributed by atoms with van der Waals surface area (Å²) in [6, 6.07) is 0. The third kappa shape index (κ3) is 71.6. The van der Waals surface area contributed by atoms with Gasteiger partial charge in [0.25, 0.3) is 0 Å². The largest absolute Gasteiger partial charge is 0.472 e. The van der Waals surface area contributed by atoms with Crippen molar-refractivity contribution in [1.29, 1.82) is 0 Å². The molecule has 0 saturated carbocycles. The van der Waals surface area contributed by atoms with Crippen LogP contribution in [-0.2, 0) is 65.4 Å². The lowest BCUT2D eigenvalue weighted by Crippen LogP contribution is -2.30. The molecule has 100 heavy (non-hydrogen) atoms. The second-order valence-corrected chi connectivity index (χ2v) is 28.1. The molecule has 0 rings (SSSR count). The molecule has 0 aliphatic carbocycles. The number of allylic oxidation sites excluding steroid dienone is 21. The molecule has 0 heterocycles. The van der Waals surface area contributed by atoms with Crippen LogP contribution in [0.1, 0.15) is 297 Å². The first-order valence-corrected chi connectivity index (χ1v) is 41.4. The number of esters is 4. The first kappa shape index (κ1) is 95.2. The maximum absolute atomic E-state index is 13.1. The summed E-state index contributed by atoms with van der Waals surface area (Å²) >= 11 is 0. The molecule has 19 heteroatoms. The van der Waals surface area contributed by atoms with Gasteiger partial charge >= 0.3 is 39.5 Å². The van der Waals surface area contributed by atoms with Crippen LogP contribution in [0.3, 0.4) is 0 Å². The summed E-state index contributed by atoms with van der Waals surface area (Å²) in [6.07, 6.45) is 80.5. The highest BCUT2D eigenvalue weighted by atomic mass is 31.2. The Hall–Kier alpha value is -4.80. The number of ether oxygens (including phenoxy) is 4. The molecule has 0 amide bonds. The number of unbranched alkanes of at least 4 members (excludes halogenated alkanes) is 24. The Labute approximate surface area is 605 Å². The number of hydrogen-bond acceptors (Lipinski definition) is 15. The van der Waals surface area contributed by atoms with Crippen LogP contribution in [0.4, 0.5) is 0 Å². The van der Waals surface area contributed by atoms with E-state index in [1.807, 2.05) is 12.2 Å². The van der Waals surface area contributed by atoms with E-state index in [9.17, 15) is 43.2 Å². The van der Waals surface area contributed by atoms with Crippen molar-refractivity contribution < 1.29 is 80.2 Å². The molecule has 572 valence electrons. The van der Waals surface area contributed by atoms with Crippen molar-refractivity contribution in [3.05, 3.63) is 134 Å². The van der Waals surface area contributed by atoms with Gasteiger partial charge in [0.15, 0.2) is 12.2 Å². The van der Waals surface area contributed by atoms with E-state index >= 15 is 0 Å². The minimum Gasteiger partial charge on any atom is -0.462 e. The molecule has 0 aromatic rings. The Morgan fingerprint density at radius 3 is 0.910 bits per heavy atom. The molecule has 5 unspecified atom stereocenters. The van der Waals surface area contributed by atoms with Crippen molar-refractivity contribution in [1.82, 2.24) is 0 Å². The third-order valence-electron chi connectivity index (χ3n) is 15.6. The van der Waals surface area contributed by atoms with Crippen molar-refractivity contribution >= 4 is 39.5 Å². The molecule has 0 aliphatic heterocycles. The van der Waals surface area contributed by atoms with Crippen molar-refractivity contribution in [3.63, 3.8) is 0 Å². The van der Waals surface area contributed by atoms with Crippen molar-refractivity contribution in [2.75, 3.05) is 39.6 Å². The summed E-state index contributed by atoms with van der Waals surface area (Å²) in [4.78, 5) is 72.8. The van der Waals surface area contributed by atoms with Gasteiger partial charge in [-0.2, -0.15) is 0 Å². The third-order valence-corrected chi connectivity index (χ3v) is 17.5. The second-order valence-electron chi connectivity index (χ2n) is 25.2. The van der Waals surface area contributed by atoms with Crippen molar-refractivity contribution in [2.45, 2.75) is 316 Å². The number of aliphatic hydroxyl groups excluding tert-OH is 1. The van der Waals surface area contributed by atoms with Crippen LogP contribution in [-0.4, -0.2) is 96.7 Å². The Kier molecular flexibility index (Phi) is 69.1. The van der Waals surface area contributed by atoms with E-state index < -0.39 is 97.5 Å². The van der Waals surface area contributed by atoms with Crippen LogP contribution < -0.4 is 0 Å². The first-order chi connectivity index (χ1) is 48.7. The minimum absolute atomic E-state index is 0.0881. The molecule has 0 saturated heterocycles. The Balaban J connectivity index is 5.41.